The highest BCUT2D eigenvalue weighted by Crippen LogP contribution is 2.07. The number of hydrogen-bond acceptors (Lipinski definition) is 3. The van der Waals surface area contributed by atoms with E-state index in [2.05, 4.69) is 15.0 Å². The van der Waals surface area contributed by atoms with Crippen LogP contribution in [-0.2, 0) is 22.3 Å². The van der Waals surface area contributed by atoms with Crippen molar-refractivity contribution >= 4 is 16.0 Å². The summed E-state index contributed by atoms with van der Waals surface area (Å²) in [6.07, 6.45) is 0. The van der Waals surface area contributed by atoms with Crippen LogP contribution in [0.3, 0.4) is 0 Å². The average molecular weight is 270 g/mol. The molecular weight excluding hydrogens is 252 g/mol. The summed E-state index contributed by atoms with van der Waals surface area (Å²) in [6.45, 7) is 0.558. The van der Waals surface area contributed by atoms with E-state index in [0.717, 1.165) is 11.1 Å². The van der Waals surface area contributed by atoms with E-state index in [-0.39, 0.29) is 5.75 Å². The molecule has 0 radical (unpaired) electrons. The molecule has 1 aromatic rings. The molecule has 0 heterocycles. The third-order valence-electron chi connectivity index (χ3n) is 2.41. The fourth-order valence-electron chi connectivity index (χ4n) is 1.32. The van der Waals surface area contributed by atoms with Gasteiger partial charge in [0.25, 0.3) is 0 Å². The first-order valence-electron chi connectivity index (χ1n) is 5.42. The Morgan fingerprint density at radius 2 is 1.83 bits per heavy atom. The molecule has 0 saturated carbocycles. The van der Waals surface area contributed by atoms with Gasteiger partial charge in [-0.2, -0.15) is 0 Å². The van der Waals surface area contributed by atoms with Crippen molar-refractivity contribution in [1.82, 2.24) is 10.0 Å². The number of nitrogens with one attached hydrogen (secondary N) is 2. The molecule has 0 aromatic heterocycles. The number of sulfonamides is 1. The molecule has 0 amide bonds. The van der Waals surface area contributed by atoms with E-state index in [1.807, 2.05) is 12.1 Å². The van der Waals surface area contributed by atoms with Gasteiger partial charge < -0.3 is 11.1 Å². The Morgan fingerprint density at radius 3 is 2.33 bits per heavy atom. The summed E-state index contributed by atoms with van der Waals surface area (Å²) >= 11 is 0. The van der Waals surface area contributed by atoms with Crippen LogP contribution in [0.15, 0.2) is 29.3 Å². The van der Waals surface area contributed by atoms with Crippen molar-refractivity contribution in [3.05, 3.63) is 35.4 Å². The summed E-state index contributed by atoms with van der Waals surface area (Å²) in [5, 5.41) is 2.92. The van der Waals surface area contributed by atoms with Gasteiger partial charge in [-0.1, -0.05) is 24.3 Å². The molecule has 6 nitrogen and oxygen atoms in total. The minimum absolute atomic E-state index is 0.0181. The number of nitrogens with two attached hydrogens (primary N) is 1. The molecule has 100 valence electrons. The largest absolute Gasteiger partial charge is 0.370 e. The van der Waals surface area contributed by atoms with Crippen molar-refractivity contribution in [1.29, 1.82) is 0 Å². The Balaban J connectivity index is 2.63. The Hall–Kier alpha value is -1.60. The number of benzene rings is 1. The Labute approximate surface area is 107 Å². The van der Waals surface area contributed by atoms with Crippen LogP contribution < -0.4 is 15.8 Å². The van der Waals surface area contributed by atoms with Gasteiger partial charge in [-0.15, -0.1) is 0 Å². The SMILES string of the molecule is CN=C(N)NCc1ccc(CS(=O)(=O)NC)cc1. The molecule has 0 atom stereocenters. The first kappa shape index (κ1) is 14.5. The van der Waals surface area contributed by atoms with Gasteiger partial charge in [0, 0.05) is 13.6 Å². The van der Waals surface area contributed by atoms with Gasteiger partial charge in [0.05, 0.1) is 5.75 Å². The Kier molecular flexibility index (Phi) is 5.11. The summed E-state index contributed by atoms with van der Waals surface area (Å²) in [5.74, 6) is 0.354. The quantitative estimate of drug-likeness (QED) is 0.508. The lowest BCUT2D eigenvalue weighted by Crippen LogP contribution is -2.30. The third kappa shape index (κ3) is 4.72. The van der Waals surface area contributed by atoms with Crippen LogP contribution >= 0.6 is 0 Å². The van der Waals surface area contributed by atoms with Gasteiger partial charge in [0.1, 0.15) is 0 Å². The molecule has 0 aliphatic rings. The highest BCUT2D eigenvalue weighted by molar-refractivity contribution is 7.88. The first-order valence-corrected chi connectivity index (χ1v) is 7.07. The molecule has 1 rings (SSSR count). The normalized spacial score (nSPS) is 12.4. The van der Waals surface area contributed by atoms with Crippen molar-refractivity contribution < 1.29 is 8.42 Å². The minimum atomic E-state index is -3.22. The molecule has 0 fully saturated rings. The standard InChI is InChI=1S/C11H18N4O2S/c1-13-11(12)15-7-9-3-5-10(6-4-9)8-18(16,17)14-2/h3-6,14H,7-8H2,1-2H3,(H3,12,13,15). The summed E-state index contributed by atoms with van der Waals surface area (Å²) < 4.78 is 25.0. The highest BCUT2D eigenvalue weighted by Gasteiger charge is 2.07. The average Bonchev–Trinajstić information content (AvgIpc) is 2.37. The van der Waals surface area contributed by atoms with Crippen LogP contribution in [-0.4, -0.2) is 28.5 Å². The zero-order chi connectivity index (χ0) is 13.6. The van der Waals surface area contributed by atoms with Crippen LogP contribution in [0, 0.1) is 0 Å². The fraction of sp³-hybridized carbons (Fsp3) is 0.364. The number of rotatable bonds is 5. The van der Waals surface area contributed by atoms with E-state index < -0.39 is 10.0 Å². The number of nitrogens with zero attached hydrogens (tertiary/aromatic N) is 1. The van der Waals surface area contributed by atoms with Crippen molar-refractivity contribution in [2.24, 2.45) is 10.7 Å². The van der Waals surface area contributed by atoms with Crippen LogP contribution in [0.25, 0.3) is 0 Å². The second kappa shape index (κ2) is 6.36. The molecule has 0 aliphatic carbocycles. The van der Waals surface area contributed by atoms with E-state index >= 15 is 0 Å². The molecule has 0 bridgehead atoms. The van der Waals surface area contributed by atoms with E-state index in [1.165, 1.54) is 7.05 Å². The first-order chi connectivity index (χ1) is 8.46. The van der Waals surface area contributed by atoms with E-state index in [1.54, 1.807) is 19.2 Å². The molecule has 0 spiro atoms. The zero-order valence-corrected chi connectivity index (χ0v) is 11.3. The maximum absolute atomic E-state index is 11.4. The third-order valence-corrected chi connectivity index (χ3v) is 3.74. The van der Waals surface area contributed by atoms with Gasteiger partial charge >= 0.3 is 0 Å². The number of aliphatic imine (C=N–C) groups is 1. The van der Waals surface area contributed by atoms with Crippen LogP contribution in [0.2, 0.25) is 0 Å². The van der Waals surface area contributed by atoms with Gasteiger partial charge in [-0.05, 0) is 18.2 Å². The molecule has 0 unspecified atom stereocenters. The maximum Gasteiger partial charge on any atom is 0.215 e. The van der Waals surface area contributed by atoms with Crippen molar-refractivity contribution in [3.63, 3.8) is 0 Å². The molecule has 0 aliphatic heterocycles. The molecule has 7 heteroatoms. The lowest BCUT2D eigenvalue weighted by atomic mass is 10.1. The lowest BCUT2D eigenvalue weighted by Gasteiger charge is -2.06. The number of guanidine groups is 1. The van der Waals surface area contributed by atoms with Crippen LogP contribution in [0.1, 0.15) is 11.1 Å². The summed E-state index contributed by atoms with van der Waals surface area (Å²) in [5.41, 5.74) is 7.25. The maximum atomic E-state index is 11.4. The van der Waals surface area contributed by atoms with Crippen molar-refractivity contribution in [2.75, 3.05) is 14.1 Å². The molecule has 1 aromatic carbocycles. The highest BCUT2D eigenvalue weighted by atomic mass is 32.2. The van der Waals surface area contributed by atoms with E-state index in [0.29, 0.717) is 12.5 Å². The number of hydrogen-bond donors (Lipinski definition) is 3. The molecule has 18 heavy (non-hydrogen) atoms. The van der Waals surface area contributed by atoms with Crippen LogP contribution in [0.4, 0.5) is 0 Å². The van der Waals surface area contributed by atoms with E-state index in [4.69, 9.17) is 5.73 Å². The Morgan fingerprint density at radius 1 is 1.28 bits per heavy atom. The predicted molar refractivity (Wildman–Crippen MR) is 72.5 cm³/mol. The topological polar surface area (TPSA) is 96.6 Å². The second-order valence-corrected chi connectivity index (χ2v) is 5.67. The lowest BCUT2D eigenvalue weighted by molar-refractivity contribution is 0.587. The van der Waals surface area contributed by atoms with Gasteiger partial charge in [0.15, 0.2) is 5.96 Å². The fourth-order valence-corrected chi connectivity index (χ4v) is 2.09. The molecule has 4 N–H and O–H groups in total. The minimum Gasteiger partial charge on any atom is -0.370 e. The smallest absolute Gasteiger partial charge is 0.215 e. The predicted octanol–water partition coefficient (Wildman–Crippen LogP) is -0.230. The van der Waals surface area contributed by atoms with Crippen molar-refractivity contribution in [2.45, 2.75) is 12.3 Å². The van der Waals surface area contributed by atoms with E-state index in [9.17, 15) is 8.42 Å². The zero-order valence-electron chi connectivity index (χ0n) is 10.5. The van der Waals surface area contributed by atoms with Gasteiger partial charge in [0.2, 0.25) is 10.0 Å². The van der Waals surface area contributed by atoms with Gasteiger partial charge in [-0.3, -0.25) is 4.99 Å². The van der Waals surface area contributed by atoms with Gasteiger partial charge in [-0.25, -0.2) is 13.1 Å². The molecular formula is C11H18N4O2S. The summed E-state index contributed by atoms with van der Waals surface area (Å²) in [7, 11) is -0.211. The second-order valence-electron chi connectivity index (χ2n) is 3.74. The van der Waals surface area contributed by atoms with Crippen molar-refractivity contribution in [3.8, 4) is 0 Å². The molecule has 0 saturated heterocycles. The van der Waals surface area contributed by atoms with Crippen LogP contribution in [0.5, 0.6) is 0 Å². The summed E-state index contributed by atoms with van der Waals surface area (Å²) in [6, 6.07) is 7.28. The summed E-state index contributed by atoms with van der Waals surface area (Å²) in [4.78, 5) is 3.78. The Bertz CT molecular complexity index is 508. The monoisotopic (exact) mass is 270 g/mol.